The van der Waals surface area contributed by atoms with Gasteiger partial charge in [0.15, 0.2) is 9.84 Å². The molecule has 3 aliphatic rings. The molecule has 4 nitrogen and oxygen atoms in total. The first-order valence-electron chi connectivity index (χ1n) is 10.5. The van der Waals surface area contributed by atoms with Crippen LogP contribution >= 0.6 is 0 Å². The lowest BCUT2D eigenvalue weighted by Crippen LogP contribution is -2.51. The quantitative estimate of drug-likeness (QED) is 0.715. The molecule has 1 aromatic rings. The fourth-order valence-corrected chi connectivity index (χ4v) is 7.86. The van der Waals surface area contributed by atoms with Crippen molar-refractivity contribution in [1.82, 2.24) is 9.88 Å². The predicted octanol–water partition coefficient (Wildman–Crippen LogP) is 4.37. The molecule has 3 heterocycles. The van der Waals surface area contributed by atoms with Crippen molar-refractivity contribution in [3.05, 3.63) is 29.1 Å². The second-order valence-corrected chi connectivity index (χ2v) is 11.6. The number of alkyl halides is 3. The fraction of sp³-hybridized carbons (Fsp3) is 0.762. The Kier molecular flexibility index (Phi) is 5.25. The third kappa shape index (κ3) is 4.20. The molecule has 8 heteroatoms. The normalized spacial score (nSPS) is 29.3. The Labute approximate surface area is 170 Å². The van der Waals surface area contributed by atoms with E-state index in [2.05, 4.69) is 9.88 Å². The molecule has 0 aromatic carbocycles. The van der Waals surface area contributed by atoms with Crippen molar-refractivity contribution < 1.29 is 21.6 Å². The highest BCUT2D eigenvalue weighted by atomic mass is 32.2. The lowest BCUT2D eigenvalue weighted by atomic mass is 9.79. The van der Waals surface area contributed by atoms with Crippen molar-refractivity contribution in [2.75, 3.05) is 24.6 Å². The number of aromatic nitrogens is 1. The number of sulfone groups is 1. The summed E-state index contributed by atoms with van der Waals surface area (Å²) in [7, 11) is -2.81. The Hall–Kier alpha value is -1.15. The average molecular weight is 431 g/mol. The maximum absolute atomic E-state index is 13.1. The number of rotatable bonds is 3. The summed E-state index contributed by atoms with van der Waals surface area (Å²) in [5.41, 5.74) is 0.714. The Bertz CT molecular complexity index is 862. The molecule has 1 spiro atoms. The topological polar surface area (TPSA) is 50.3 Å². The number of halogens is 3. The molecular weight excluding hydrogens is 401 g/mol. The molecule has 0 amide bonds. The van der Waals surface area contributed by atoms with Gasteiger partial charge in [-0.05, 0) is 62.1 Å². The molecule has 0 radical (unpaired) electrons. The highest BCUT2D eigenvalue weighted by Gasteiger charge is 2.53. The average Bonchev–Trinajstić information content (AvgIpc) is 3.04. The largest absolute Gasteiger partial charge is 0.433 e. The summed E-state index contributed by atoms with van der Waals surface area (Å²) in [6, 6.07) is 3.22. The maximum atomic E-state index is 13.1. The van der Waals surface area contributed by atoms with Gasteiger partial charge < -0.3 is 0 Å². The van der Waals surface area contributed by atoms with E-state index in [1.807, 2.05) is 13.8 Å². The highest BCUT2D eigenvalue weighted by Crippen LogP contribution is 2.45. The standard InChI is InChI=1S/C21H29F3N2O2S/c1-14(2)19-17(7-8-18(25-19)21(22,23)24)15-3-5-16(6-4-15)26-10-9-20(11-26)12-29(27,28)13-20/h7-8,14-16H,3-6,9-13H2,1-2H3/t15-,16-. The molecule has 2 saturated heterocycles. The van der Waals surface area contributed by atoms with Crippen LogP contribution in [-0.4, -0.2) is 48.9 Å². The zero-order chi connectivity index (χ0) is 21.0. The van der Waals surface area contributed by atoms with Crippen molar-refractivity contribution in [3.63, 3.8) is 0 Å². The lowest BCUT2D eigenvalue weighted by Gasteiger charge is -2.40. The summed E-state index contributed by atoms with van der Waals surface area (Å²) in [6.45, 7) is 5.63. The summed E-state index contributed by atoms with van der Waals surface area (Å²) in [6.07, 6.45) is 0.448. The molecule has 162 valence electrons. The SMILES string of the molecule is CC(C)c1nc(C(F)(F)F)ccc1[C@H]1CC[C@H](N2CCC3(C2)CS(=O)(=O)C3)CC1. The summed E-state index contributed by atoms with van der Waals surface area (Å²) in [4.78, 5) is 6.43. The van der Waals surface area contributed by atoms with Crippen molar-refractivity contribution in [2.24, 2.45) is 5.41 Å². The van der Waals surface area contributed by atoms with Gasteiger partial charge in [-0.15, -0.1) is 0 Å². The molecule has 1 aromatic heterocycles. The minimum absolute atomic E-state index is 0.0160. The summed E-state index contributed by atoms with van der Waals surface area (Å²) in [5, 5.41) is 0. The fourth-order valence-electron chi connectivity index (χ4n) is 5.61. The molecule has 3 fully saturated rings. The zero-order valence-electron chi connectivity index (χ0n) is 17.0. The van der Waals surface area contributed by atoms with Gasteiger partial charge in [-0.1, -0.05) is 19.9 Å². The molecule has 4 rings (SSSR count). The first-order chi connectivity index (χ1) is 13.5. The molecule has 0 bridgehead atoms. The Morgan fingerprint density at radius 1 is 1.14 bits per heavy atom. The smallest absolute Gasteiger partial charge is 0.300 e. The van der Waals surface area contributed by atoms with E-state index in [1.54, 1.807) is 6.07 Å². The molecule has 1 aliphatic carbocycles. The summed E-state index contributed by atoms with van der Waals surface area (Å²) in [5.74, 6) is 0.866. The number of nitrogens with zero attached hydrogens (tertiary/aromatic N) is 2. The van der Waals surface area contributed by atoms with Gasteiger partial charge in [0.05, 0.1) is 11.5 Å². The molecule has 1 saturated carbocycles. The lowest BCUT2D eigenvalue weighted by molar-refractivity contribution is -0.141. The molecule has 29 heavy (non-hydrogen) atoms. The van der Waals surface area contributed by atoms with Crippen LogP contribution in [0.3, 0.4) is 0 Å². The van der Waals surface area contributed by atoms with Gasteiger partial charge in [0.2, 0.25) is 0 Å². The third-order valence-corrected chi connectivity index (χ3v) is 9.07. The second kappa shape index (κ2) is 7.22. The van der Waals surface area contributed by atoms with E-state index >= 15 is 0 Å². The number of pyridine rings is 1. The van der Waals surface area contributed by atoms with Gasteiger partial charge in [0.25, 0.3) is 0 Å². The molecule has 0 unspecified atom stereocenters. The van der Waals surface area contributed by atoms with Crippen LogP contribution in [0.4, 0.5) is 13.2 Å². The Balaban J connectivity index is 1.41. The molecule has 0 N–H and O–H groups in total. The molecule has 0 atom stereocenters. The van der Waals surface area contributed by atoms with Crippen LogP contribution in [0.5, 0.6) is 0 Å². The summed E-state index contributed by atoms with van der Waals surface area (Å²) < 4.78 is 62.4. The minimum Gasteiger partial charge on any atom is -0.300 e. The van der Waals surface area contributed by atoms with Crippen molar-refractivity contribution in [3.8, 4) is 0 Å². The number of hydrogen-bond acceptors (Lipinski definition) is 4. The molecular formula is C21H29F3N2O2S. The van der Waals surface area contributed by atoms with Gasteiger partial charge >= 0.3 is 6.18 Å². The van der Waals surface area contributed by atoms with E-state index in [4.69, 9.17) is 0 Å². The monoisotopic (exact) mass is 430 g/mol. The van der Waals surface area contributed by atoms with Crippen LogP contribution in [0, 0.1) is 5.41 Å². The van der Waals surface area contributed by atoms with E-state index in [-0.39, 0.29) is 17.3 Å². The van der Waals surface area contributed by atoms with Crippen LogP contribution in [0.25, 0.3) is 0 Å². The Morgan fingerprint density at radius 2 is 1.79 bits per heavy atom. The van der Waals surface area contributed by atoms with Crippen LogP contribution in [-0.2, 0) is 16.0 Å². The van der Waals surface area contributed by atoms with Crippen molar-refractivity contribution >= 4 is 9.84 Å². The first kappa shape index (κ1) is 21.1. The van der Waals surface area contributed by atoms with Crippen LogP contribution in [0.15, 0.2) is 12.1 Å². The first-order valence-corrected chi connectivity index (χ1v) is 12.3. The number of likely N-dealkylation sites (tertiary alicyclic amines) is 1. The van der Waals surface area contributed by atoms with E-state index < -0.39 is 21.7 Å². The van der Waals surface area contributed by atoms with Crippen molar-refractivity contribution in [1.29, 1.82) is 0 Å². The zero-order valence-corrected chi connectivity index (χ0v) is 17.8. The van der Waals surface area contributed by atoms with Crippen molar-refractivity contribution in [2.45, 2.75) is 70.0 Å². The third-order valence-electron chi connectivity index (χ3n) is 6.97. The maximum Gasteiger partial charge on any atom is 0.433 e. The minimum atomic E-state index is -4.42. The van der Waals surface area contributed by atoms with Crippen LogP contribution in [0.2, 0.25) is 0 Å². The van der Waals surface area contributed by atoms with Gasteiger partial charge in [-0.25, -0.2) is 13.4 Å². The van der Waals surface area contributed by atoms with E-state index in [0.29, 0.717) is 23.2 Å². The Morgan fingerprint density at radius 3 is 2.34 bits per heavy atom. The highest BCUT2D eigenvalue weighted by molar-refractivity contribution is 7.92. The van der Waals surface area contributed by atoms with Crippen LogP contribution < -0.4 is 0 Å². The van der Waals surface area contributed by atoms with Gasteiger partial charge in [-0.2, -0.15) is 13.2 Å². The molecule has 2 aliphatic heterocycles. The predicted molar refractivity (Wildman–Crippen MR) is 106 cm³/mol. The number of hydrogen-bond donors (Lipinski definition) is 0. The van der Waals surface area contributed by atoms with E-state index in [1.165, 1.54) is 0 Å². The van der Waals surface area contributed by atoms with E-state index in [9.17, 15) is 21.6 Å². The van der Waals surface area contributed by atoms with Gasteiger partial charge in [-0.3, -0.25) is 4.90 Å². The van der Waals surface area contributed by atoms with Gasteiger partial charge in [0.1, 0.15) is 5.69 Å². The summed E-state index contributed by atoms with van der Waals surface area (Å²) >= 11 is 0. The van der Waals surface area contributed by atoms with E-state index in [0.717, 1.165) is 56.8 Å². The van der Waals surface area contributed by atoms with Gasteiger partial charge in [0, 0.05) is 23.7 Å². The van der Waals surface area contributed by atoms with Crippen LogP contribution in [0.1, 0.15) is 74.7 Å². The second-order valence-electron chi connectivity index (χ2n) is 9.58.